The van der Waals surface area contributed by atoms with Crippen molar-refractivity contribution in [3.8, 4) is 5.75 Å². The largest absolute Gasteiger partial charge is 0.507 e. The van der Waals surface area contributed by atoms with E-state index < -0.39 is 0 Å². The molecule has 1 nitrogen and oxygen atoms in total. The lowest BCUT2D eigenvalue weighted by atomic mass is 9.83. The van der Waals surface area contributed by atoms with Crippen molar-refractivity contribution in [1.82, 2.24) is 0 Å². The molecule has 3 unspecified atom stereocenters. The van der Waals surface area contributed by atoms with Crippen molar-refractivity contribution >= 4 is 0 Å². The molecule has 0 bridgehead atoms. The monoisotopic (exact) mass is 346 g/mol. The van der Waals surface area contributed by atoms with E-state index in [0.29, 0.717) is 23.5 Å². The normalized spacial score (nSPS) is 15.1. The number of hydrogen-bond acceptors (Lipinski definition) is 1. The summed E-state index contributed by atoms with van der Waals surface area (Å²) in [5.41, 5.74) is 3.81. The van der Waals surface area contributed by atoms with Crippen LogP contribution in [0.3, 0.4) is 0 Å². The second-order valence-corrected chi connectivity index (χ2v) is 8.18. The SMILES string of the molecule is CCCCC(C)c1cc(C(C)CCCC)c(O)c(C(C)CCCC)c1. The molecule has 0 saturated heterocycles. The van der Waals surface area contributed by atoms with Crippen LogP contribution in [0.4, 0.5) is 0 Å². The molecule has 0 aromatic heterocycles. The zero-order chi connectivity index (χ0) is 18.8. The van der Waals surface area contributed by atoms with Gasteiger partial charge in [-0.3, -0.25) is 0 Å². The molecule has 25 heavy (non-hydrogen) atoms. The molecule has 0 spiro atoms. The predicted octanol–water partition coefficient (Wildman–Crippen LogP) is 8.27. The van der Waals surface area contributed by atoms with E-state index in [9.17, 15) is 5.11 Å². The molecule has 0 heterocycles. The third kappa shape index (κ3) is 6.68. The second-order valence-electron chi connectivity index (χ2n) is 8.18. The summed E-state index contributed by atoms with van der Waals surface area (Å²) in [5, 5.41) is 11.0. The molecule has 0 saturated carbocycles. The van der Waals surface area contributed by atoms with Gasteiger partial charge in [0, 0.05) is 0 Å². The van der Waals surface area contributed by atoms with Crippen molar-refractivity contribution < 1.29 is 5.11 Å². The Morgan fingerprint density at radius 2 is 1.04 bits per heavy atom. The lowest BCUT2D eigenvalue weighted by molar-refractivity contribution is 0.442. The standard InChI is InChI=1S/C24H42O/c1-7-10-13-18(4)21-16-22(19(5)14-11-8-2)24(25)23(17-21)20(6)15-12-9-3/h16-20,25H,7-15H2,1-6H3. The fraction of sp³-hybridized carbons (Fsp3) is 0.750. The van der Waals surface area contributed by atoms with E-state index in [4.69, 9.17) is 0 Å². The first-order valence-electron chi connectivity index (χ1n) is 10.8. The highest BCUT2D eigenvalue weighted by Crippen LogP contribution is 2.40. The topological polar surface area (TPSA) is 20.2 Å². The van der Waals surface area contributed by atoms with Crippen LogP contribution in [-0.4, -0.2) is 5.11 Å². The van der Waals surface area contributed by atoms with Crippen molar-refractivity contribution in [1.29, 1.82) is 0 Å². The Morgan fingerprint density at radius 3 is 1.40 bits per heavy atom. The van der Waals surface area contributed by atoms with Crippen LogP contribution in [0.2, 0.25) is 0 Å². The van der Waals surface area contributed by atoms with Crippen LogP contribution in [0, 0.1) is 0 Å². The van der Waals surface area contributed by atoms with E-state index in [0.717, 1.165) is 0 Å². The maximum Gasteiger partial charge on any atom is 0.122 e. The molecule has 1 aromatic carbocycles. The molecule has 1 heteroatoms. The van der Waals surface area contributed by atoms with Crippen LogP contribution < -0.4 is 0 Å². The highest BCUT2D eigenvalue weighted by Gasteiger charge is 2.20. The van der Waals surface area contributed by atoms with Crippen molar-refractivity contribution in [3.05, 3.63) is 28.8 Å². The summed E-state index contributed by atoms with van der Waals surface area (Å²) in [4.78, 5) is 0. The summed E-state index contributed by atoms with van der Waals surface area (Å²) in [6, 6.07) is 4.62. The minimum Gasteiger partial charge on any atom is -0.507 e. The number of unbranched alkanes of at least 4 members (excludes halogenated alkanes) is 3. The van der Waals surface area contributed by atoms with Gasteiger partial charge in [0.15, 0.2) is 0 Å². The molecule has 0 aliphatic rings. The molecule has 1 aromatic rings. The first kappa shape index (κ1) is 22.1. The number of rotatable bonds is 12. The second kappa shape index (κ2) is 11.6. The summed E-state index contributed by atoms with van der Waals surface area (Å²) >= 11 is 0. The Bertz CT molecular complexity index is 456. The summed E-state index contributed by atoms with van der Waals surface area (Å²) in [6.45, 7) is 13.7. The third-order valence-corrected chi connectivity index (χ3v) is 5.79. The van der Waals surface area contributed by atoms with E-state index in [2.05, 4.69) is 53.7 Å². The van der Waals surface area contributed by atoms with Crippen LogP contribution in [0.15, 0.2) is 12.1 Å². The number of aromatic hydroxyl groups is 1. The summed E-state index contributed by atoms with van der Waals surface area (Å²) < 4.78 is 0. The molecule has 144 valence electrons. The summed E-state index contributed by atoms with van der Waals surface area (Å²) in [5.74, 6) is 2.04. The van der Waals surface area contributed by atoms with E-state index in [1.165, 1.54) is 74.5 Å². The van der Waals surface area contributed by atoms with Gasteiger partial charge in [0.25, 0.3) is 0 Å². The average molecular weight is 347 g/mol. The Balaban J connectivity index is 3.19. The van der Waals surface area contributed by atoms with Gasteiger partial charge in [-0.1, -0.05) is 92.2 Å². The van der Waals surface area contributed by atoms with E-state index in [1.54, 1.807) is 0 Å². The van der Waals surface area contributed by atoms with Crippen LogP contribution >= 0.6 is 0 Å². The van der Waals surface area contributed by atoms with Crippen molar-refractivity contribution in [2.24, 2.45) is 0 Å². The van der Waals surface area contributed by atoms with Gasteiger partial charge in [0.05, 0.1) is 0 Å². The fourth-order valence-corrected chi connectivity index (χ4v) is 3.75. The molecule has 0 aliphatic carbocycles. The minimum atomic E-state index is 0.440. The quantitative estimate of drug-likeness (QED) is 0.403. The van der Waals surface area contributed by atoms with Crippen molar-refractivity contribution in [2.45, 2.75) is 117 Å². The van der Waals surface area contributed by atoms with Gasteiger partial charge >= 0.3 is 0 Å². The maximum atomic E-state index is 11.0. The van der Waals surface area contributed by atoms with E-state index in [1.807, 2.05) is 0 Å². The molecule has 0 aliphatic heterocycles. The maximum absolute atomic E-state index is 11.0. The lowest BCUT2D eigenvalue weighted by Gasteiger charge is -2.23. The third-order valence-electron chi connectivity index (χ3n) is 5.79. The number of benzene rings is 1. The lowest BCUT2D eigenvalue weighted by Crippen LogP contribution is -2.04. The van der Waals surface area contributed by atoms with Gasteiger partial charge in [0.2, 0.25) is 0 Å². The van der Waals surface area contributed by atoms with Gasteiger partial charge < -0.3 is 5.11 Å². The van der Waals surface area contributed by atoms with Gasteiger partial charge in [0.1, 0.15) is 5.75 Å². The number of phenols is 1. The smallest absolute Gasteiger partial charge is 0.122 e. The van der Waals surface area contributed by atoms with Gasteiger partial charge in [-0.05, 0) is 53.7 Å². The van der Waals surface area contributed by atoms with Crippen LogP contribution in [0.5, 0.6) is 5.75 Å². The molecular weight excluding hydrogens is 304 g/mol. The van der Waals surface area contributed by atoms with Crippen LogP contribution in [0.1, 0.15) is 134 Å². The number of phenolic OH excluding ortho intramolecular Hbond substituents is 1. The molecule has 0 radical (unpaired) electrons. The van der Waals surface area contributed by atoms with Crippen molar-refractivity contribution in [3.63, 3.8) is 0 Å². The fourth-order valence-electron chi connectivity index (χ4n) is 3.75. The van der Waals surface area contributed by atoms with Crippen molar-refractivity contribution in [2.75, 3.05) is 0 Å². The highest BCUT2D eigenvalue weighted by atomic mass is 16.3. The minimum absolute atomic E-state index is 0.440. The summed E-state index contributed by atoms with van der Waals surface area (Å²) in [6.07, 6.45) is 11.0. The van der Waals surface area contributed by atoms with E-state index >= 15 is 0 Å². The summed E-state index contributed by atoms with van der Waals surface area (Å²) in [7, 11) is 0. The molecular formula is C24H42O. The van der Waals surface area contributed by atoms with Crippen LogP contribution in [-0.2, 0) is 0 Å². The van der Waals surface area contributed by atoms with E-state index in [-0.39, 0.29) is 0 Å². The Hall–Kier alpha value is -0.980. The Kier molecular flexibility index (Phi) is 10.2. The Labute approximate surface area is 157 Å². The van der Waals surface area contributed by atoms with Gasteiger partial charge in [-0.2, -0.15) is 0 Å². The van der Waals surface area contributed by atoms with Gasteiger partial charge in [-0.15, -0.1) is 0 Å². The van der Waals surface area contributed by atoms with Gasteiger partial charge in [-0.25, -0.2) is 0 Å². The first-order valence-corrected chi connectivity index (χ1v) is 10.8. The van der Waals surface area contributed by atoms with Crippen LogP contribution in [0.25, 0.3) is 0 Å². The molecule has 0 amide bonds. The first-order chi connectivity index (χ1) is 12.0. The zero-order valence-corrected chi connectivity index (χ0v) is 17.7. The number of hydrogen-bond donors (Lipinski definition) is 1. The Morgan fingerprint density at radius 1 is 0.680 bits per heavy atom. The molecule has 3 atom stereocenters. The highest BCUT2D eigenvalue weighted by molar-refractivity contribution is 5.48. The molecule has 1 rings (SSSR count). The predicted molar refractivity (Wildman–Crippen MR) is 112 cm³/mol. The zero-order valence-electron chi connectivity index (χ0n) is 17.7. The molecule has 0 fully saturated rings. The average Bonchev–Trinajstić information content (AvgIpc) is 2.62. The molecule has 1 N–H and O–H groups in total.